The highest BCUT2D eigenvalue weighted by Gasteiger charge is 2.27. The van der Waals surface area contributed by atoms with Crippen molar-refractivity contribution in [2.45, 2.75) is 44.4 Å². The highest BCUT2D eigenvalue weighted by molar-refractivity contribution is 7.92. The number of rotatable bonds is 7. The Balaban J connectivity index is 1.54. The van der Waals surface area contributed by atoms with E-state index in [1.54, 1.807) is 12.1 Å². The number of hydrogen-bond donors (Lipinski definition) is 2. The molecule has 9 heteroatoms. The summed E-state index contributed by atoms with van der Waals surface area (Å²) in [6, 6.07) is 6.44. The summed E-state index contributed by atoms with van der Waals surface area (Å²) in [6.07, 6.45) is 6.02. The van der Waals surface area contributed by atoms with Crippen LogP contribution in [0.5, 0.6) is 0 Å². The Kier molecular flexibility index (Phi) is 6.90. The molecule has 1 aromatic heterocycles. The first-order chi connectivity index (χ1) is 15.7. The molecule has 0 bridgehead atoms. The maximum atomic E-state index is 12.9. The molecule has 2 saturated heterocycles. The minimum Gasteiger partial charge on any atom is -0.478 e. The average molecular weight is 473 g/mol. The van der Waals surface area contributed by atoms with Gasteiger partial charge in [0.05, 0.1) is 16.8 Å². The van der Waals surface area contributed by atoms with Gasteiger partial charge in [0, 0.05) is 19.6 Å². The molecule has 1 aromatic carbocycles. The molecule has 2 aromatic rings. The number of likely N-dealkylation sites (tertiary alicyclic amines) is 1. The van der Waals surface area contributed by atoms with Crippen molar-refractivity contribution in [1.82, 2.24) is 9.88 Å². The Labute approximate surface area is 195 Å². The molecule has 0 amide bonds. The minimum absolute atomic E-state index is 0.0115. The molecule has 0 spiro atoms. The summed E-state index contributed by atoms with van der Waals surface area (Å²) in [5.74, 6) is -0.238. The molecule has 2 aliphatic rings. The standard InChI is InChI=1S/C24H32N4O4S/c1-17-10-18(2)12-21(11-17)33(31,32)26-20-13-22(24(29)30)23(25-14-20)28-9-5-6-19(16-28)15-27-7-3-4-8-27/h10-14,19,26H,3-9,15-16H2,1-2H3,(H,29,30). The first-order valence-corrected chi connectivity index (χ1v) is 13.0. The molecular weight excluding hydrogens is 440 g/mol. The maximum Gasteiger partial charge on any atom is 0.339 e. The zero-order chi connectivity index (χ0) is 23.6. The highest BCUT2D eigenvalue weighted by atomic mass is 32.2. The van der Waals surface area contributed by atoms with E-state index in [-0.39, 0.29) is 16.1 Å². The normalized spacial score (nSPS) is 19.6. The van der Waals surface area contributed by atoms with Gasteiger partial charge in [0.15, 0.2) is 0 Å². The average Bonchev–Trinajstić information content (AvgIpc) is 3.26. The minimum atomic E-state index is -3.86. The molecule has 33 heavy (non-hydrogen) atoms. The number of carbonyl (C=O) groups is 1. The highest BCUT2D eigenvalue weighted by Crippen LogP contribution is 2.28. The third-order valence-electron chi connectivity index (χ3n) is 6.39. The topological polar surface area (TPSA) is 103 Å². The van der Waals surface area contributed by atoms with Crippen LogP contribution in [0.3, 0.4) is 0 Å². The summed E-state index contributed by atoms with van der Waals surface area (Å²) in [5.41, 5.74) is 1.82. The van der Waals surface area contributed by atoms with Gasteiger partial charge in [0.1, 0.15) is 11.4 Å². The van der Waals surface area contributed by atoms with Gasteiger partial charge in [-0.25, -0.2) is 18.2 Å². The van der Waals surface area contributed by atoms with Gasteiger partial charge in [0.25, 0.3) is 10.0 Å². The zero-order valence-electron chi connectivity index (χ0n) is 19.2. The fourth-order valence-electron chi connectivity index (χ4n) is 4.96. The van der Waals surface area contributed by atoms with Gasteiger partial charge >= 0.3 is 5.97 Å². The lowest BCUT2D eigenvalue weighted by Crippen LogP contribution is -2.41. The molecule has 2 N–H and O–H groups in total. The van der Waals surface area contributed by atoms with E-state index in [1.165, 1.54) is 25.1 Å². The molecule has 1 atom stereocenters. The van der Waals surface area contributed by atoms with Crippen LogP contribution in [-0.2, 0) is 10.0 Å². The monoisotopic (exact) mass is 472 g/mol. The molecule has 2 fully saturated rings. The fraction of sp³-hybridized carbons (Fsp3) is 0.500. The summed E-state index contributed by atoms with van der Waals surface area (Å²) < 4.78 is 28.3. The zero-order valence-corrected chi connectivity index (χ0v) is 20.1. The Morgan fingerprint density at radius 1 is 1.09 bits per heavy atom. The summed E-state index contributed by atoms with van der Waals surface area (Å²) in [6.45, 7) is 8.50. The van der Waals surface area contributed by atoms with Crippen molar-refractivity contribution in [2.24, 2.45) is 5.92 Å². The Morgan fingerprint density at radius 2 is 1.79 bits per heavy atom. The Morgan fingerprint density at radius 3 is 2.45 bits per heavy atom. The van der Waals surface area contributed by atoms with Crippen LogP contribution in [0.2, 0.25) is 0 Å². The lowest BCUT2D eigenvalue weighted by atomic mass is 9.97. The van der Waals surface area contributed by atoms with Crippen LogP contribution in [0, 0.1) is 19.8 Å². The molecule has 0 saturated carbocycles. The van der Waals surface area contributed by atoms with Crippen LogP contribution in [-0.4, -0.2) is 62.1 Å². The van der Waals surface area contributed by atoms with Crippen LogP contribution in [0.4, 0.5) is 11.5 Å². The SMILES string of the molecule is Cc1cc(C)cc(S(=O)(=O)Nc2cnc(N3CCCC(CN4CCCC4)C3)c(C(=O)O)c2)c1. The molecule has 8 nitrogen and oxygen atoms in total. The largest absolute Gasteiger partial charge is 0.478 e. The number of sulfonamides is 1. The summed E-state index contributed by atoms with van der Waals surface area (Å²) >= 11 is 0. The first kappa shape index (κ1) is 23.5. The van der Waals surface area contributed by atoms with Gasteiger partial charge in [-0.3, -0.25) is 4.72 Å². The molecule has 2 aliphatic heterocycles. The van der Waals surface area contributed by atoms with Crippen molar-refractivity contribution in [2.75, 3.05) is 42.3 Å². The van der Waals surface area contributed by atoms with Crippen molar-refractivity contribution in [3.63, 3.8) is 0 Å². The van der Waals surface area contributed by atoms with Gasteiger partial charge in [-0.15, -0.1) is 0 Å². The van der Waals surface area contributed by atoms with E-state index in [1.807, 2.05) is 24.8 Å². The van der Waals surface area contributed by atoms with Crippen LogP contribution < -0.4 is 9.62 Å². The van der Waals surface area contributed by atoms with E-state index >= 15 is 0 Å². The number of nitrogens with zero attached hydrogens (tertiary/aromatic N) is 3. The third-order valence-corrected chi connectivity index (χ3v) is 7.75. The predicted molar refractivity (Wildman–Crippen MR) is 129 cm³/mol. The number of carboxylic acids is 1. The van der Waals surface area contributed by atoms with E-state index in [4.69, 9.17) is 0 Å². The number of benzene rings is 1. The van der Waals surface area contributed by atoms with Gasteiger partial charge < -0.3 is 14.9 Å². The molecule has 0 aliphatic carbocycles. The van der Waals surface area contributed by atoms with Crippen LogP contribution in [0.25, 0.3) is 0 Å². The van der Waals surface area contributed by atoms with E-state index in [2.05, 4.69) is 14.6 Å². The van der Waals surface area contributed by atoms with Crippen molar-refractivity contribution in [3.05, 3.63) is 47.2 Å². The van der Waals surface area contributed by atoms with Crippen molar-refractivity contribution in [3.8, 4) is 0 Å². The quantitative estimate of drug-likeness (QED) is 0.636. The maximum absolute atomic E-state index is 12.9. The Bertz CT molecular complexity index is 1110. The lowest BCUT2D eigenvalue weighted by molar-refractivity contribution is 0.0697. The number of piperidine rings is 1. The van der Waals surface area contributed by atoms with Gasteiger partial charge in [-0.2, -0.15) is 0 Å². The van der Waals surface area contributed by atoms with E-state index < -0.39 is 16.0 Å². The summed E-state index contributed by atoms with van der Waals surface area (Å²) in [5, 5.41) is 9.85. The second-order valence-corrected chi connectivity index (χ2v) is 11.0. The molecule has 0 radical (unpaired) electrons. The van der Waals surface area contributed by atoms with Crippen molar-refractivity contribution < 1.29 is 18.3 Å². The van der Waals surface area contributed by atoms with E-state index in [9.17, 15) is 18.3 Å². The molecule has 1 unspecified atom stereocenters. The number of aromatic carboxylic acids is 1. The molecule has 3 heterocycles. The number of carboxylic acid groups (broad SMARTS) is 1. The van der Waals surface area contributed by atoms with Crippen molar-refractivity contribution in [1.29, 1.82) is 0 Å². The molecule has 178 valence electrons. The number of anilines is 2. The number of nitrogens with one attached hydrogen (secondary N) is 1. The van der Waals surface area contributed by atoms with Crippen LogP contribution in [0.1, 0.15) is 47.2 Å². The van der Waals surface area contributed by atoms with Gasteiger partial charge in [-0.1, -0.05) is 6.07 Å². The molecular formula is C24H32N4O4S. The predicted octanol–water partition coefficient (Wildman–Crippen LogP) is 3.51. The number of aromatic nitrogens is 1. The van der Waals surface area contributed by atoms with Gasteiger partial charge in [-0.05, 0) is 87.9 Å². The smallest absolute Gasteiger partial charge is 0.339 e. The third kappa shape index (κ3) is 5.65. The van der Waals surface area contributed by atoms with E-state index in [0.717, 1.165) is 56.7 Å². The van der Waals surface area contributed by atoms with Gasteiger partial charge in [0.2, 0.25) is 0 Å². The van der Waals surface area contributed by atoms with Crippen LogP contribution in [0.15, 0.2) is 35.4 Å². The lowest BCUT2D eigenvalue weighted by Gasteiger charge is -2.36. The number of pyridine rings is 1. The Hall–Kier alpha value is -2.65. The van der Waals surface area contributed by atoms with Crippen LogP contribution >= 0.6 is 0 Å². The van der Waals surface area contributed by atoms with E-state index in [0.29, 0.717) is 11.7 Å². The summed E-state index contributed by atoms with van der Waals surface area (Å²) in [7, 11) is -3.86. The fourth-order valence-corrected chi connectivity index (χ4v) is 6.18. The summed E-state index contributed by atoms with van der Waals surface area (Å²) in [4.78, 5) is 21.1. The number of aryl methyl sites for hydroxylation is 2. The first-order valence-electron chi connectivity index (χ1n) is 11.5. The second-order valence-electron chi connectivity index (χ2n) is 9.29. The molecule has 4 rings (SSSR count). The number of hydrogen-bond acceptors (Lipinski definition) is 6. The van der Waals surface area contributed by atoms with Crippen molar-refractivity contribution >= 4 is 27.5 Å². The second kappa shape index (κ2) is 9.69.